The first kappa shape index (κ1) is 14.6. The van der Waals surface area contributed by atoms with E-state index in [0.29, 0.717) is 0 Å². The summed E-state index contributed by atoms with van der Waals surface area (Å²) >= 11 is 2.27. The molecule has 0 saturated carbocycles. The lowest BCUT2D eigenvalue weighted by atomic mass is 10.1. The van der Waals surface area contributed by atoms with Crippen LogP contribution in [0.15, 0.2) is 30.3 Å². The Morgan fingerprint density at radius 1 is 1.19 bits per heavy atom. The molecule has 3 rings (SSSR count). The van der Waals surface area contributed by atoms with Crippen molar-refractivity contribution in [2.75, 3.05) is 6.54 Å². The number of aromatic nitrogens is 1. The molecule has 1 aliphatic rings. The van der Waals surface area contributed by atoms with Crippen LogP contribution >= 0.6 is 22.6 Å². The number of rotatable bonds is 1. The average Bonchev–Trinajstić information content (AvgIpc) is 2.84. The minimum atomic E-state index is 0.122. The van der Waals surface area contributed by atoms with Gasteiger partial charge in [-0.3, -0.25) is 4.79 Å². The monoisotopic (exact) mass is 394 g/mol. The first-order valence-electron chi connectivity index (χ1n) is 7.23. The Morgan fingerprint density at radius 3 is 2.71 bits per heavy atom. The number of aryl methyl sites for hydroxylation is 2. The highest BCUT2D eigenvalue weighted by Crippen LogP contribution is 2.29. The Labute approximate surface area is 139 Å². The highest BCUT2D eigenvalue weighted by atomic mass is 127. The maximum atomic E-state index is 12.9. The summed E-state index contributed by atoms with van der Waals surface area (Å²) in [6.07, 6.45) is 0. The van der Waals surface area contributed by atoms with Crippen molar-refractivity contribution in [2.24, 2.45) is 0 Å². The molecule has 3 nitrogen and oxygen atoms in total. The Bertz CT molecular complexity index is 705. The highest BCUT2D eigenvalue weighted by molar-refractivity contribution is 14.1. The summed E-state index contributed by atoms with van der Waals surface area (Å²) in [6, 6.07) is 10.3. The molecule has 0 bridgehead atoms. The van der Waals surface area contributed by atoms with Crippen LogP contribution in [0.3, 0.4) is 0 Å². The van der Waals surface area contributed by atoms with Gasteiger partial charge in [0.05, 0.1) is 11.6 Å². The lowest BCUT2D eigenvalue weighted by Gasteiger charge is -2.35. The number of carbonyl (C=O) groups excluding carboxylic acids is 1. The van der Waals surface area contributed by atoms with Gasteiger partial charge in [0, 0.05) is 28.0 Å². The number of halogens is 1. The van der Waals surface area contributed by atoms with E-state index < -0.39 is 0 Å². The molecule has 1 aliphatic heterocycles. The van der Waals surface area contributed by atoms with Crippen LogP contribution in [0.4, 0.5) is 0 Å². The Hall–Kier alpha value is -1.30. The summed E-state index contributed by atoms with van der Waals surface area (Å²) in [6.45, 7) is 7.94. The summed E-state index contributed by atoms with van der Waals surface area (Å²) in [5.41, 5.74) is 4.48. The van der Waals surface area contributed by atoms with Crippen molar-refractivity contribution in [1.29, 1.82) is 0 Å². The van der Waals surface area contributed by atoms with Gasteiger partial charge in [0.15, 0.2) is 0 Å². The van der Waals surface area contributed by atoms with Gasteiger partial charge in [0.2, 0.25) is 0 Å². The molecule has 1 unspecified atom stereocenters. The zero-order valence-corrected chi connectivity index (χ0v) is 14.7. The van der Waals surface area contributed by atoms with Crippen molar-refractivity contribution < 1.29 is 4.79 Å². The standard InChI is InChI=1S/C17H19IN2O/c1-11-5-4-6-14(16(11)18)17(21)20-10-9-19-12(2)7-8-15(19)13(20)3/h4-8,13H,9-10H2,1-3H3. The topological polar surface area (TPSA) is 25.2 Å². The molecule has 4 heteroatoms. The summed E-state index contributed by atoms with van der Waals surface area (Å²) < 4.78 is 3.37. The Balaban J connectivity index is 1.95. The van der Waals surface area contributed by atoms with Gasteiger partial charge in [0.25, 0.3) is 5.91 Å². The smallest absolute Gasteiger partial charge is 0.255 e. The molecule has 0 aliphatic carbocycles. The SMILES string of the molecule is Cc1cccc(C(=O)N2CCn3c(C)ccc3C2C)c1I. The van der Waals surface area contributed by atoms with Crippen molar-refractivity contribution >= 4 is 28.5 Å². The molecule has 0 N–H and O–H groups in total. The second kappa shape index (κ2) is 5.48. The average molecular weight is 394 g/mol. The van der Waals surface area contributed by atoms with Crippen molar-refractivity contribution in [3.05, 3.63) is 56.4 Å². The van der Waals surface area contributed by atoms with E-state index in [4.69, 9.17) is 0 Å². The molecule has 2 aromatic rings. The van der Waals surface area contributed by atoms with E-state index in [2.05, 4.69) is 53.1 Å². The van der Waals surface area contributed by atoms with Gasteiger partial charge >= 0.3 is 0 Å². The quantitative estimate of drug-likeness (QED) is 0.673. The largest absolute Gasteiger partial charge is 0.345 e. The molecule has 0 radical (unpaired) electrons. The van der Waals surface area contributed by atoms with E-state index in [0.717, 1.165) is 27.8 Å². The highest BCUT2D eigenvalue weighted by Gasteiger charge is 2.29. The molecule has 0 spiro atoms. The van der Waals surface area contributed by atoms with Gasteiger partial charge in [-0.05, 0) is 67.1 Å². The predicted octanol–water partition coefficient (Wildman–Crippen LogP) is 3.93. The van der Waals surface area contributed by atoms with Gasteiger partial charge in [0.1, 0.15) is 0 Å². The van der Waals surface area contributed by atoms with E-state index in [1.54, 1.807) is 0 Å². The van der Waals surface area contributed by atoms with Crippen LogP contribution in [0.2, 0.25) is 0 Å². The van der Waals surface area contributed by atoms with E-state index in [9.17, 15) is 4.79 Å². The van der Waals surface area contributed by atoms with E-state index >= 15 is 0 Å². The summed E-state index contributed by atoms with van der Waals surface area (Å²) in [7, 11) is 0. The summed E-state index contributed by atoms with van der Waals surface area (Å²) in [5, 5.41) is 0. The van der Waals surface area contributed by atoms with Crippen LogP contribution in [0.1, 0.15) is 40.3 Å². The summed E-state index contributed by atoms with van der Waals surface area (Å²) in [4.78, 5) is 14.9. The van der Waals surface area contributed by atoms with Crippen molar-refractivity contribution in [3.8, 4) is 0 Å². The molecule has 0 saturated heterocycles. The maximum absolute atomic E-state index is 12.9. The molecule has 0 fully saturated rings. The van der Waals surface area contributed by atoms with Crippen molar-refractivity contribution in [3.63, 3.8) is 0 Å². The third-order valence-electron chi connectivity index (χ3n) is 4.38. The van der Waals surface area contributed by atoms with Gasteiger partial charge in [-0.2, -0.15) is 0 Å². The fraction of sp³-hybridized carbons (Fsp3) is 0.353. The lowest BCUT2D eigenvalue weighted by molar-refractivity contribution is 0.0641. The summed E-state index contributed by atoms with van der Waals surface area (Å²) in [5.74, 6) is 0.140. The first-order valence-corrected chi connectivity index (χ1v) is 8.30. The number of hydrogen-bond donors (Lipinski definition) is 0. The molecular weight excluding hydrogens is 375 g/mol. The van der Waals surface area contributed by atoms with Gasteiger partial charge in [-0.25, -0.2) is 0 Å². The molecule has 1 aromatic carbocycles. The number of nitrogens with zero attached hydrogens (tertiary/aromatic N) is 2. The second-order valence-electron chi connectivity index (χ2n) is 5.66. The second-order valence-corrected chi connectivity index (χ2v) is 6.74. The maximum Gasteiger partial charge on any atom is 0.255 e. The zero-order valence-electron chi connectivity index (χ0n) is 12.6. The number of fused-ring (bicyclic) bond motifs is 1. The molecule has 1 aromatic heterocycles. The molecular formula is C17H19IN2O. The number of benzene rings is 1. The zero-order chi connectivity index (χ0) is 15.1. The van der Waals surface area contributed by atoms with Crippen molar-refractivity contribution in [2.45, 2.75) is 33.4 Å². The number of carbonyl (C=O) groups is 1. The fourth-order valence-electron chi connectivity index (χ4n) is 3.07. The number of amides is 1. The third-order valence-corrected chi connectivity index (χ3v) is 5.81. The Kier molecular flexibility index (Phi) is 3.82. The van der Waals surface area contributed by atoms with Crippen LogP contribution in [0, 0.1) is 17.4 Å². The van der Waals surface area contributed by atoms with Crippen LogP contribution < -0.4 is 0 Å². The van der Waals surface area contributed by atoms with Gasteiger partial charge in [-0.15, -0.1) is 0 Å². The van der Waals surface area contributed by atoms with Gasteiger partial charge < -0.3 is 9.47 Å². The van der Waals surface area contributed by atoms with Crippen LogP contribution in [0.25, 0.3) is 0 Å². The normalized spacial score (nSPS) is 17.7. The minimum absolute atomic E-state index is 0.122. The van der Waals surface area contributed by atoms with E-state index in [1.165, 1.54) is 11.4 Å². The lowest BCUT2D eigenvalue weighted by Crippen LogP contribution is -2.41. The molecule has 1 atom stereocenters. The van der Waals surface area contributed by atoms with Crippen molar-refractivity contribution in [1.82, 2.24) is 9.47 Å². The molecule has 21 heavy (non-hydrogen) atoms. The van der Waals surface area contributed by atoms with E-state index in [1.807, 2.05) is 30.0 Å². The van der Waals surface area contributed by atoms with Gasteiger partial charge in [-0.1, -0.05) is 12.1 Å². The predicted molar refractivity (Wildman–Crippen MR) is 92.5 cm³/mol. The minimum Gasteiger partial charge on any atom is -0.345 e. The Morgan fingerprint density at radius 2 is 1.95 bits per heavy atom. The van der Waals surface area contributed by atoms with Crippen LogP contribution in [0.5, 0.6) is 0 Å². The van der Waals surface area contributed by atoms with Crippen LogP contribution in [-0.4, -0.2) is 21.9 Å². The molecule has 110 valence electrons. The van der Waals surface area contributed by atoms with E-state index in [-0.39, 0.29) is 11.9 Å². The molecule has 1 amide bonds. The first-order chi connectivity index (χ1) is 10.0. The fourth-order valence-corrected chi connectivity index (χ4v) is 3.66. The van der Waals surface area contributed by atoms with Crippen LogP contribution in [-0.2, 0) is 6.54 Å². The number of hydrogen-bond acceptors (Lipinski definition) is 1. The third kappa shape index (κ3) is 2.39. The molecule has 2 heterocycles.